The Labute approximate surface area is 121 Å². The summed E-state index contributed by atoms with van der Waals surface area (Å²) in [6.45, 7) is 5.62. The van der Waals surface area contributed by atoms with Crippen LogP contribution in [-0.4, -0.2) is 57.1 Å². The summed E-state index contributed by atoms with van der Waals surface area (Å²) in [5, 5.41) is 9.03. The molecule has 0 aliphatic rings. The van der Waals surface area contributed by atoms with Crippen LogP contribution in [0.1, 0.15) is 33.6 Å². The molecule has 0 saturated heterocycles. The van der Waals surface area contributed by atoms with Gasteiger partial charge in [0.2, 0.25) is 0 Å². The highest BCUT2D eigenvalue weighted by molar-refractivity contribution is 7.87. The van der Waals surface area contributed by atoms with Gasteiger partial charge in [-0.25, -0.2) is 0 Å². The lowest BCUT2D eigenvalue weighted by Crippen LogP contribution is -2.49. The number of carbonyl (C=O) groups excluding carboxylic acids is 1. The van der Waals surface area contributed by atoms with Gasteiger partial charge >= 0.3 is 5.97 Å². The van der Waals surface area contributed by atoms with Crippen LogP contribution in [0.25, 0.3) is 0 Å². The van der Waals surface area contributed by atoms with E-state index in [1.165, 1.54) is 14.2 Å². The van der Waals surface area contributed by atoms with E-state index in [1.807, 2.05) is 20.8 Å². The zero-order chi connectivity index (χ0) is 16.0. The van der Waals surface area contributed by atoms with Crippen LogP contribution in [0.4, 0.5) is 0 Å². The third-order valence-corrected chi connectivity index (χ3v) is 4.61. The summed E-state index contributed by atoms with van der Waals surface area (Å²) in [5.41, 5.74) is -0.320. The average Bonchev–Trinajstić information content (AvgIpc) is 2.33. The molecule has 0 aromatic rings. The van der Waals surface area contributed by atoms with Gasteiger partial charge in [-0.05, 0) is 11.8 Å². The number of esters is 1. The lowest BCUT2D eigenvalue weighted by molar-refractivity contribution is -0.140. The predicted molar refractivity (Wildman–Crippen MR) is 76.3 cm³/mol. The molecular formula is C12H26N2O5S. The van der Waals surface area contributed by atoms with Gasteiger partial charge in [-0.3, -0.25) is 4.79 Å². The molecule has 0 aromatic heterocycles. The Balaban J connectivity index is 4.73. The van der Waals surface area contributed by atoms with Crippen LogP contribution in [0, 0.1) is 5.41 Å². The van der Waals surface area contributed by atoms with Crippen LogP contribution in [-0.2, 0) is 19.7 Å². The molecule has 0 aliphatic carbocycles. The van der Waals surface area contributed by atoms with Gasteiger partial charge in [0.1, 0.15) is 0 Å². The van der Waals surface area contributed by atoms with E-state index < -0.39 is 22.2 Å². The van der Waals surface area contributed by atoms with Crippen LogP contribution >= 0.6 is 0 Å². The first-order valence-corrected chi connectivity index (χ1v) is 7.90. The number of nitrogens with zero attached hydrogens (tertiary/aromatic N) is 1. The second-order valence-corrected chi connectivity index (χ2v) is 7.51. The zero-order valence-electron chi connectivity index (χ0n) is 12.8. The Bertz CT molecular complexity index is 403. The quantitative estimate of drug-likeness (QED) is 0.621. The lowest BCUT2D eigenvalue weighted by atomic mass is 9.86. The molecule has 1 unspecified atom stereocenters. The van der Waals surface area contributed by atoms with Crippen molar-refractivity contribution >= 4 is 16.2 Å². The van der Waals surface area contributed by atoms with Crippen molar-refractivity contribution in [3.05, 3.63) is 0 Å². The summed E-state index contributed by atoms with van der Waals surface area (Å²) < 4.78 is 32.4. The van der Waals surface area contributed by atoms with E-state index >= 15 is 0 Å². The molecule has 0 saturated carbocycles. The summed E-state index contributed by atoms with van der Waals surface area (Å²) in [6.07, 6.45) is 0.321. The molecule has 0 heterocycles. The second-order valence-electron chi connectivity index (χ2n) is 5.70. The van der Waals surface area contributed by atoms with Gasteiger partial charge in [0.15, 0.2) is 0 Å². The topological polar surface area (TPSA) is 95.9 Å². The Morgan fingerprint density at radius 1 is 1.40 bits per heavy atom. The van der Waals surface area contributed by atoms with Gasteiger partial charge in [0, 0.05) is 26.2 Å². The number of hydrogen-bond donors (Lipinski definition) is 2. The molecule has 120 valence electrons. The molecule has 0 rings (SSSR count). The summed E-state index contributed by atoms with van der Waals surface area (Å²) in [5.74, 6) is -0.463. The van der Waals surface area contributed by atoms with Crippen molar-refractivity contribution in [1.29, 1.82) is 0 Å². The van der Waals surface area contributed by atoms with Crippen LogP contribution in [0.15, 0.2) is 0 Å². The summed E-state index contributed by atoms with van der Waals surface area (Å²) >= 11 is 0. The molecule has 20 heavy (non-hydrogen) atoms. The molecule has 7 nitrogen and oxygen atoms in total. The fourth-order valence-electron chi connectivity index (χ4n) is 1.54. The van der Waals surface area contributed by atoms with E-state index in [4.69, 9.17) is 5.11 Å². The largest absolute Gasteiger partial charge is 0.469 e. The molecule has 2 N–H and O–H groups in total. The van der Waals surface area contributed by atoms with E-state index in [9.17, 15) is 13.2 Å². The highest BCUT2D eigenvalue weighted by Crippen LogP contribution is 2.22. The monoisotopic (exact) mass is 310 g/mol. The molecule has 0 amide bonds. The third-order valence-electron chi connectivity index (χ3n) is 3.02. The van der Waals surface area contributed by atoms with Gasteiger partial charge < -0.3 is 9.84 Å². The maximum atomic E-state index is 12.1. The predicted octanol–water partition coefficient (Wildman–Crippen LogP) is 0.113. The van der Waals surface area contributed by atoms with Crippen molar-refractivity contribution in [3.63, 3.8) is 0 Å². The highest BCUT2D eigenvalue weighted by Gasteiger charge is 2.30. The van der Waals surface area contributed by atoms with E-state index in [0.29, 0.717) is 6.42 Å². The molecule has 0 aromatic carbocycles. The standard InChI is InChI=1S/C12H26N2O5S/c1-12(2,3)10(7-9-15)13-20(17,18)14(4)8-6-11(16)19-5/h10,13,15H,6-9H2,1-5H3. The van der Waals surface area contributed by atoms with Gasteiger partial charge in [0.25, 0.3) is 10.2 Å². The minimum Gasteiger partial charge on any atom is -0.469 e. The van der Waals surface area contributed by atoms with Gasteiger partial charge in [0.05, 0.1) is 13.5 Å². The summed E-state index contributed by atoms with van der Waals surface area (Å²) in [7, 11) is -1.06. The molecule has 0 bridgehead atoms. The number of aliphatic hydroxyl groups is 1. The van der Waals surface area contributed by atoms with Gasteiger partial charge in [-0.2, -0.15) is 17.4 Å². The summed E-state index contributed by atoms with van der Waals surface area (Å²) in [6, 6.07) is -0.391. The number of aliphatic hydroxyl groups excluding tert-OH is 1. The summed E-state index contributed by atoms with van der Waals surface area (Å²) in [4.78, 5) is 11.0. The van der Waals surface area contributed by atoms with Crippen LogP contribution in [0.5, 0.6) is 0 Å². The Hall–Kier alpha value is -0.700. The second kappa shape index (κ2) is 7.92. The van der Waals surface area contributed by atoms with Crippen molar-refractivity contribution in [3.8, 4) is 0 Å². The smallest absolute Gasteiger partial charge is 0.306 e. The first kappa shape index (κ1) is 19.3. The molecule has 1 atom stereocenters. The maximum absolute atomic E-state index is 12.1. The average molecular weight is 310 g/mol. The molecule has 0 fully saturated rings. The first-order valence-electron chi connectivity index (χ1n) is 6.46. The minimum absolute atomic E-state index is 0.00586. The van der Waals surface area contributed by atoms with Crippen LogP contribution in [0.2, 0.25) is 0 Å². The number of rotatable bonds is 8. The van der Waals surface area contributed by atoms with Crippen LogP contribution in [0.3, 0.4) is 0 Å². The molecule has 0 spiro atoms. The SMILES string of the molecule is COC(=O)CCN(C)S(=O)(=O)NC(CCO)C(C)(C)C. The molecule has 0 radical (unpaired) electrons. The molecular weight excluding hydrogens is 284 g/mol. The van der Waals surface area contributed by atoms with Crippen LogP contribution < -0.4 is 4.72 Å². The molecule has 0 aliphatic heterocycles. The minimum atomic E-state index is -3.70. The first-order chi connectivity index (χ1) is 9.04. The van der Waals surface area contributed by atoms with Crippen molar-refractivity contribution in [2.75, 3.05) is 27.3 Å². The number of nitrogens with one attached hydrogen (secondary N) is 1. The van der Waals surface area contributed by atoms with Crippen molar-refractivity contribution in [2.24, 2.45) is 5.41 Å². The zero-order valence-corrected chi connectivity index (χ0v) is 13.7. The normalized spacial score (nSPS) is 14.3. The van der Waals surface area contributed by atoms with Crippen molar-refractivity contribution in [2.45, 2.75) is 39.7 Å². The number of hydrogen-bond acceptors (Lipinski definition) is 5. The van der Waals surface area contributed by atoms with Gasteiger partial charge in [-0.1, -0.05) is 20.8 Å². The number of ether oxygens (including phenoxy) is 1. The number of methoxy groups -OCH3 is 1. The fraction of sp³-hybridized carbons (Fsp3) is 0.917. The Morgan fingerprint density at radius 2 is 1.95 bits per heavy atom. The van der Waals surface area contributed by atoms with Gasteiger partial charge in [-0.15, -0.1) is 0 Å². The van der Waals surface area contributed by atoms with Crippen molar-refractivity contribution in [1.82, 2.24) is 9.03 Å². The van der Waals surface area contributed by atoms with E-state index in [-0.39, 0.29) is 25.0 Å². The highest BCUT2D eigenvalue weighted by atomic mass is 32.2. The Kier molecular flexibility index (Phi) is 7.64. The number of carbonyl (C=O) groups is 1. The fourth-order valence-corrected chi connectivity index (χ4v) is 2.88. The van der Waals surface area contributed by atoms with Crippen molar-refractivity contribution < 1.29 is 23.1 Å². The lowest BCUT2D eigenvalue weighted by Gasteiger charge is -2.32. The van der Waals surface area contributed by atoms with E-state index in [2.05, 4.69) is 9.46 Å². The van der Waals surface area contributed by atoms with E-state index in [1.54, 1.807) is 0 Å². The maximum Gasteiger partial charge on any atom is 0.306 e. The third kappa shape index (κ3) is 6.65. The Morgan fingerprint density at radius 3 is 2.35 bits per heavy atom. The van der Waals surface area contributed by atoms with E-state index in [0.717, 1.165) is 4.31 Å². The molecule has 8 heteroatoms.